The van der Waals surface area contributed by atoms with E-state index in [1.165, 1.54) is 11.4 Å². The summed E-state index contributed by atoms with van der Waals surface area (Å²) in [5.74, 6) is 0.0280. The van der Waals surface area contributed by atoms with Gasteiger partial charge in [-0.15, -0.1) is 0 Å². The van der Waals surface area contributed by atoms with E-state index in [9.17, 15) is 13.5 Å². The second-order valence-electron chi connectivity index (χ2n) is 6.10. The highest BCUT2D eigenvalue weighted by molar-refractivity contribution is 7.92. The lowest BCUT2D eigenvalue weighted by molar-refractivity contribution is 0.457. The van der Waals surface area contributed by atoms with Crippen LogP contribution in [0.3, 0.4) is 0 Å². The van der Waals surface area contributed by atoms with Crippen molar-refractivity contribution >= 4 is 43.7 Å². The molecule has 2 aromatic carbocycles. The third-order valence-electron chi connectivity index (χ3n) is 4.17. The molecule has 26 heavy (non-hydrogen) atoms. The van der Waals surface area contributed by atoms with Gasteiger partial charge in [0.1, 0.15) is 0 Å². The molecule has 8 heteroatoms. The Bertz CT molecular complexity index is 1100. The molecule has 0 unspecified atom stereocenters. The van der Waals surface area contributed by atoms with Crippen LogP contribution in [0.15, 0.2) is 47.5 Å². The number of sulfonamides is 1. The van der Waals surface area contributed by atoms with Crippen LogP contribution in [0.4, 0.5) is 17.1 Å². The molecule has 136 valence electrons. The van der Waals surface area contributed by atoms with Gasteiger partial charge in [0.05, 0.1) is 28.9 Å². The Labute approximate surface area is 151 Å². The number of nitrogens with two attached hydrogens (primary N) is 1. The number of nitrogens with zero attached hydrogens (tertiary/aromatic N) is 2. The number of aromatic hydroxyl groups is 1. The van der Waals surface area contributed by atoms with E-state index >= 15 is 0 Å². The number of H-pyrrole nitrogens is 1. The first-order valence-electron chi connectivity index (χ1n) is 7.86. The van der Waals surface area contributed by atoms with Gasteiger partial charge in [-0.05, 0) is 49.4 Å². The number of nitrogen functional groups attached to an aromatic ring is 1. The fourth-order valence-electron chi connectivity index (χ4n) is 2.74. The molecule has 0 radical (unpaired) electrons. The molecule has 0 aliphatic rings. The predicted molar refractivity (Wildman–Crippen MR) is 106 cm³/mol. The molecule has 0 spiro atoms. The van der Waals surface area contributed by atoms with Crippen LogP contribution < -0.4 is 10.0 Å². The lowest BCUT2D eigenvalue weighted by atomic mass is 10.1. The number of nitrogens with one attached hydrogen (secondary N) is 1. The fourth-order valence-corrected chi connectivity index (χ4v) is 3.24. The summed E-state index contributed by atoms with van der Waals surface area (Å²) in [6.07, 6.45) is 1.15. The quantitative estimate of drug-likeness (QED) is 0.483. The van der Waals surface area contributed by atoms with E-state index in [0.717, 1.165) is 17.2 Å². The Morgan fingerprint density at radius 1 is 1.19 bits per heavy atom. The van der Waals surface area contributed by atoms with Gasteiger partial charge in [-0.3, -0.25) is 9.30 Å². The SMILES string of the molecule is CC(=Nc1ccc(N(C)S(C)(=O)=O)cc1)c1c(O)[nH]c2ccc(N)cc12. The van der Waals surface area contributed by atoms with Gasteiger partial charge in [0.15, 0.2) is 5.88 Å². The van der Waals surface area contributed by atoms with Crippen molar-refractivity contribution in [3.63, 3.8) is 0 Å². The molecule has 7 nitrogen and oxygen atoms in total. The summed E-state index contributed by atoms with van der Waals surface area (Å²) in [5.41, 5.74) is 9.61. The number of anilines is 2. The highest BCUT2D eigenvalue weighted by Crippen LogP contribution is 2.30. The van der Waals surface area contributed by atoms with E-state index in [4.69, 9.17) is 5.73 Å². The van der Waals surface area contributed by atoms with Gasteiger partial charge in [-0.2, -0.15) is 0 Å². The summed E-state index contributed by atoms with van der Waals surface area (Å²) in [4.78, 5) is 7.44. The highest BCUT2D eigenvalue weighted by atomic mass is 32.2. The number of hydrogen-bond acceptors (Lipinski definition) is 5. The third kappa shape index (κ3) is 3.36. The average Bonchev–Trinajstić information content (AvgIpc) is 2.89. The monoisotopic (exact) mass is 372 g/mol. The maximum atomic E-state index is 11.6. The molecule has 0 aliphatic carbocycles. The van der Waals surface area contributed by atoms with Gasteiger partial charge >= 0.3 is 0 Å². The van der Waals surface area contributed by atoms with E-state index < -0.39 is 10.0 Å². The zero-order valence-corrected chi connectivity index (χ0v) is 15.5. The van der Waals surface area contributed by atoms with E-state index in [1.807, 2.05) is 0 Å². The summed E-state index contributed by atoms with van der Waals surface area (Å²) >= 11 is 0. The number of aliphatic imine (C=N–C) groups is 1. The molecule has 0 saturated carbocycles. The number of fused-ring (bicyclic) bond motifs is 1. The standard InChI is InChI=1S/C18H20N4O3S/c1-11(17-15-10-12(19)4-9-16(15)21-18(17)23)20-13-5-7-14(8-6-13)22(2)26(3,24)25/h4-10,21,23H,19H2,1-3H3. The third-order valence-corrected chi connectivity index (χ3v) is 5.38. The van der Waals surface area contributed by atoms with Crippen molar-refractivity contribution < 1.29 is 13.5 Å². The minimum atomic E-state index is -3.31. The van der Waals surface area contributed by atoms with E-state index in [-0.39, 0.29) is 5.88 Å². The Morgan fingerprint density at radius 2 is 1.85 bits per heavy atom. The topological polar surface area (TPSA) is 112 Å². The van der Waals surface area contributed by atoms with Crippen LogP contribution in [0.25, 0.3) is 10.9 Å². The van der Waals surface area contributed by atoms with Crippen molar-refractivity contribution in [1.29, 1.82) is 0 Å². The molecule has 3 rings (SSSR count). The van der Waals surface area contributed by atoms with Crippen LogP contribution >= 0.6 is 0 Å². The summed E-state index contributed by atoms with van der Waals surface area (Å²) < 4.78 is 24.4. The van der Waals surface area contributed by atoms with Crippen LogP contribution in [-0.2, 0) is 10.0 Å². The maximum absolute atomic E-state index is 11.6. The molecule has 3 aromatic rings. The Hall–Kier alpha value is -3.00. The number of hydrogen-bond donors (Lipinski definition) is 3. The molecular weight excluding hydrogens is 352 g/mol. The zero-order valence-electron chi connectivity index (χ0n) is 14.7. The minimum Gasteiger partial charge on any atom is -0.494 e. The zero-order chi connectivity index (χ0) is 19.1. The normalized spacial score (nSPS) is 12.5. The van der Waals surface area contributed by atoms with Crippen LogP contribution in [0.5, 0.6) is 5.88 Å². The Kier molecular flexibility index (Phi) is 4.37. The molecule has 1 heterocycles. The second-order valence-corrected chi connectivity index (χ2v) is 8.11. The average molecular weight is 372 g/mol. The lowest BCUT2D eigenvalue weighted by Crippen LogP contribution is -2.24. The van der Waals surface area contributed by atoms with E-state index in [0.29, 0.717) is 28.3 Å². The van der Waals surface area contributed by atoms with Crippen LogP contribution in [0, 0.1) is 0 Å². The van der Waals surface area contributed by atoms with Crippen molar-refractivity contribution in [1.82, 2.24) is 4.98 Å². The first-order chi connectivity index (χ1) is 12.2. The minimum absolute atomic E-state index is 0.0280. The molecule has 0 aliphatic heterocycles. The molecule has 1 aromatic heterocycles. The fraction of sp³-hybridized carbons (Fsp3) is 0.167. The number of aromatic amines is 1. The molecule has 0 bridgehead atoms. The first-order valence-corrected chi connectivity index (χ1v) is 9.71. The van der Waals surface area contributed by atoms with Gasteiger partial charge in [-0.1, -0.05) is 0 Å². The van der Waals surface area contributed by atoms with Crippen molar-refractivity contribution in [3.8, 4) is 5.88 Å². The summed E-state index contributed by atoms with van der Waals surface area (Å²) in [5, 5.41) is 11.0. The second kappa shape index (κ2) is 6.38. The van der Waals surface area contributed by atoms with Crippen LogP contribution in [-0.4, -0.2) is 37.5 Å². The molecule has 4 N–H and O–H groups in total. The molecule has 0 atom stereocenters. The van der Waals surface area contributed by atoms with E-state index in [2.05, 4.69) is 9.98 Å². The number of rotatable bonds is 4. The van der Waals surface area contributed by atoms with Gasteiger partial charge in [0, 0.05) is 23.6 Å². The van der Waals surface area contributed by atoms with Crippen molar-refractivity contribution in [2.24, 2.45) is 4.99 Å². The summed E-state index contributed by atoms with van der Waals surface area (Å²) in [7, 11) is -1.82. The van der Waals surface area contributed by atoms with Gasteiger partial charge < -0.3 is 15.8 Å². The Balaban J connectivity index is 1.98. The van der Waals surface area contributed by atoms with Crippen molar-refractivity contribution in [2.45, 2.75) is 6.92 Å². The summed E-state index contributed by atoms with van der Waals surface area (Å²) in [6.45, 7) is 1.79. The molecule has 0 amide bonds. The van der Waals surface area contributed by atoms with Crippen molar-refractivity contribution in [2.75, 3.05) is 23.3 Å². The van der Waals surface area contributed by atoms with Gasteiger partial charge in [-0.25, -0.2) is 8.42 Å². The number of benzene rings is 2. The first kappa shape index (κ1) is 17.8. The molecule has 0 fully saturated rings. The smallest absolute Gasteiger partial charge is 0.231 e. The van der Waals surface area contributed by atoms with Gasteiger partial charge in [0.25, 0.3) is 0 Å². The maximum Gasteiger partial charge on any atom is 0.231 e. The van der Waals surface area contributed by atoms with Crippen LogP contribution in [0.1, 0.15) is 12.5 Å². The lowest BCUT2D eigenvalue weighted by Gasteiger charge is -2.16. The molecular formula is C18H20N4O3S. The predicted octanol–water partition coefficient (Wildman–Crippen LogP) is 2.99. The number of aromatic nitrogens is 1. The highest BCUT2D eigenvalue weighted by Gasteiger charge is 2.14. The van der Waals surface area contributed by atoms with Crippen molar-refractivity contribution in [3.05, 3.63) is 48.0 Å². The van der Waals surface area contributed by atoms with E-state index in [1.54, 1.807) is 49.4 Å². The Morgan fingerprint density at radius 3 is 2.46 bits per heavy atom. The van der Waals surface area contributed by atoms with Crippen LogP contribution in [0.2, 0.25) is 0 Å². The largest absolute Gasteiger partial charge is 0.494 e. The van der Waals surface area contributed by atoms with Gasteiger partial charge in [0.2, 0.25) is 10.0 Å². The molecule has 0 saturated heterocycles. The summed E-state index contributed by atoms with van der Waals surface area (Å²) in [6, 6.07) is 12.1.